The largest absolute Gasteiger partial charge is 0.491 e. The zero-order valence-electron chi connectivity index (χ0n) is 21.5. The van der Waals surface area contributed by atoms with E-state index < -0.39 is 6.10 Å². The van der Waals surface area contributed by atoms with E-state index >= 15 is 0 Å². The molecule has 5 heteroatoms. The number of likely N-dealkylation sites (N-methyl/N-ethyl adjacent to an activating group) is 1. The van der Waals surface area contributed by atoms with Crippen LogP contribution in [-0.2, 0) is 16.7 Å². The van der Waals surface area contributed by atoms with Gasteiger partial charge in [0.15, 0.2) is 0 Å². The number of hydrogen-bond donors (Lipinski definition) is 1. The Labute approximate surface area is 199 Å². The molecule has 33 heavy (non-hydrogen) atoms. The predicted molar refractivity (Wildman–Crippen MR) is 133 cm³/mol. The molecule has 184 valence electrons. The molecule has 0 saturated heterocycles. The smallest absolute Gasteiger partial charge is 0.126 e. The van der Waals surface area contributed by atoms with Crippen LogP contribution < -0.4 is 4.74 Å². The van der Waals surface area contributed by atoms with E-state index in [9.17, 15) is 9.50 Å². The standard InChI is InChI=1S/C28H43FNO3/c1-27(2,3)21-28(4,5)23-10-14-26(15-11-23)33-17-16-32-20-25(31)19-30(6,7)18-22-8-12-24(29)13-9-22/h8-15,25,31H,16-21H2,1-7H3/q+1/t25-/m0/s1. The van der Waals surface area contributed by atoms with Crippen molar-refractivity contribution in [2.75, 3.05) is 40.5 Å². The maximum atomic E-state index is 13.1. The second-order valence-electron chi connectivity index (χ2n) is 11.6. The Morgan fingerprint density at radius 2 is 1.52 bits per heavy atom. The van der Waals surface area contributed by atoms with E-state index in [0.29, 0.717) is 30.8 Å². The minimum atomic E-state index is -0.579. The molecule has 0 spiro atoms. The lowest BCUT2D eigenvalue weighted by molar-refractivity contribution is -0.906. The Morgan fingerprint density at radius 3 is 2.09 bits per heavy atom. The van der Waals surface area contributed by atoms with Crippen molar-refractivity contribution >= 4 is 0 Å². The Hall–Kier alpha value is -1.95. The van der Waals surface area contributed by atoms with Crippen LogP contribution in [0.2, 0.25) is 0 Å². The zero-order valence-corrected chi connectivity index (χ0v) is 21.5. The van der Waals surface area contributed by atoms with Gasteiger partial charge in [-0.1, -0.05) is 58.9 Å². The molecule has 0 aliphatic rings. The second kappa shape index (κ2) is 11.5. The van der Waals surface area contributed by atoms with E-state index in [1.807, 2.05) is 26.2 Å². The molecule has 0 heterocycles. The maximum absolute atomic E-state index is 13.1. The second-order valence-corrected chi connectivity index (χ2v) is 11.6. The van der Waals surface area contributed by atoms with Gasteiger partial charge in [0, 0.05) is 5.56 Å². The summed E-state index contributed by atoms with van der Waals surface area (Å²) in [5, 5.41) is 10.4. The van der Waals surface area contributed by atoms with E-state index in [2.05, 4.69) is 46.8 Å². The average molecular weight is 461 g/mol. The average Bonchev–Trinajstić information content (AvgIpc) is 2.67. The first-order valence-electron chi connectivity index (χ1n) is 11.8. The van der Waals surface area contributed by atoms with Gasteiger partial charge in [0.05, 0.1) is 27.3 Å². The Morgan fingerprint density at radius 1 is 0.909 bits per heavy atom. The summed E-state index contributed by atoms with van der Waals surface area (Å²) < 4.78 is 25.1. The molecule has 0 aliphatic heterocycles. The first kappa shape index (κ1) is 27.3. The van der Waals surface area contributed by atoms with E-state index in [4.69, 9.17) is 9.47 Å². The molecular weight excluding hydrogens is 417 g/mol. The van der Waals surface area contributed by atoms with Crippen LogP contribution in [0.3, 0.4) is 0 Å². The highest BCUT2D eigenvalue weighted by atomic mass is 19.1. The fraction of sp³-hybridized carbons (Fsp3) is 0.571. The summed E-state index contributed by atoms with van der Waals surface area (Å²) in [6.45, 7) is 13.8. The number of halogens is 1. The molecule has 0 bridgehead atoms. The number of quaternary nitrogens is 1. The lowest BCUT2D eigenvalue weighted by Gasteiger charge is -2.33. The van der Waals surface area contributed by atoms with Crippen LogP contribution in [0.5, 0.6) is 5.75 Å². The Bertz CT molecular complexity index is 839. The quantitative estimate of drug-likeness (QED) is 0.332. The normalized spacial score (nSPS) is 13.7. The Balaban J connectivity index is 1.69. The van der Waals surface area contributed by atoms with Crippen LogP contribution in [0.15, 0.2) is 48.5 Å². The highest BCUT2D eigenvalue weighted by molar-refractivity contribution is 5.31. The number of aliphatic hydroxyl groups is 1. The van der Waals surface area contributed by atoms with E-state index in [1.165, 1.54) is 17.7 Å². The highest BCUT2D eigenvalue weighted by Crippen LogP contribution is 2.36. The predicted octanol–water partition coefficient (Wildman–Crippen LogP) is 5.57. The Kier molecular flexibility index (Phi) is 9.48. The van der Waals surface area contributed by atoms with Gasteiger partial charge in [-0.2, -0.15) is 0 Å². The van der Waals surface area contributed by atoms with Crippen molar-refractivity contribution in [3.63, 3.8) is 0 Å². The van der Waals surface area contributed by atoms with Crippen molar-refractivity contribution in [2.24, 2.45) is 5.41 Å². The van der Waals surface area contributed by atoms with Crippen LogP contribution in [0.25, 0.3) is 0 Å². The summed E-state index contributed by atoms with van der Waals surface area (Å²) in [7, 11) is 4.09. The first-order valence-corrected chi connectivity index (χ1v) is 11.8. The fourth-order valence-electron chi connectivity index (χ4n) is 4.64. The third kappa shape index (κ3) is 10.2. The van der Waals surface area contributed by atoms with Crippen molar-refractivity contribution in [1.29, 1.82) is 0 Å². The molecule has 1 N–H and O–H groups in total. The van der Waals surface area contributed by atoms with Gasteiger partial charge in [-0.05, 0) is 47.1 Å². The summed E-state index contributed by atoms with van der Waals surface area (Å²) in [6, 6.07) is 14.8. The molecule has 0 fully saturated rings. The molecular formula is C28H43FNO3+. The molecule has 2 aromatic carbocycles. The van der Waals surface area contributed by atoms with E-state index in [-0.39, 0.29) is 23.3 Å². The SMILES string of the molecule is CC(C)(C)CC(C)(C)c1ccc(OCCOC[C@@H](O)C[N+](C)(C)Cc2ccc(F)cc2)cc1. The minimum Gasteiger partial charge on any atom is -0.491 e. The van der Waals surface area contributed by atoms with Crippen LogP contribution >= 0.6 is 0 Å². The monoisotopic (exact) mass is 460 g/mol. The third-order valence-corrected chi connectivity index (χ3v) is 5.64. The van der Waals surface area contributed by atoms with Crippen molar-refractivity contribution in [3.05, 3.63) is 65.5 Å². The summed E-state index contributed by atoms with van der Waals surface area (Å²) in [5.74, 6) is 0.589. The van der Waals surface area contributed by atoms with Gasteiger partial charge in [0.25, 0.3) is 0 Å². The number of hydrogen-bond acceptors (Lipinski definition) is 3. The van der Waals surface area contributed by atoms with Crippen LogP contribution in [0, 0.1) is 11.2 Å². The van der Waals surface area contributed by atoms with E-state index in [0.717, 1.165) is 17.7 Å². The molecule has 4 nitrogen and oxygen atoms in total. The van der Waals surface area contributed by atoms with Crippen molar-refractivity contribution in [1.82, 2.24) is 0 Å². The van der Waals surface area contributed by atoms with Crippen LogP contribution in [-0.4, -0.2) is 56.2 Å². The first-order chi connectivity index (χ1) is 15.3. The van der Waals surface area contributed by atoms with Gasteiger partial charge in [-0.3, -0.25) is 0 Å². The number of benzene rings is 2. The number of rotatable bonds is 12. The van der Waals surface area contributed by atoms with Crippen molar-refractivity contribution in [3.8, 4) is 5.75 Å². The summed E-state index contributed by atoms with van der Waals surface area (Å²) in [5.41, 5.74) is 2.73. The minimum absolute atomic E-state index is 0.110. The van der Waals surface area contributed by atoms with Gasteiger partial charge < -0.3 is 19.1 Å². The fourth-order valence-corrected chi connectivity index (χ4v) is 4.64. The molecule has 0 saturated carbocycles. The van der Waals surface area contributed by atoms with Gasteiger partial charge in [0.2, 0.25) is 0 Å². The summed E-state index contributed by atoms with van der Waals surface area (Å²) in [4.78, 5) is 0. The molecule has 0 amide bonds. The lowest BCUT2D eigenvalue weighted by atomic mass is 9.72. The van der Waals surface area contributed by atoms with Crippen molar-refractivity contribution in [2.45, 2.75) is 59.1 Å². The highest BCUT2D eigenvalue weighted by Gasteiger charge is 2.27. The third-order valence-electron chi connectivity index (χ3n) is 5.64. The van der Waals surface area contributed by atoms with Gasteiger partial charge in [0.1, 0.15) is 37.4 Å². The molecule has 0 aliphatic carbocycles. The van der Waals surface area contributed by atoms with Crippen molar-refractivity contribution < 1.29 is 23.5 Å². The molecule has 0 radical (unpaired) electrons. The number of ether oxygens (including phenoxy) is 2. The van der Waals surface area contributed by atoms with Gasteiger partial charge in [-0.25, -0.2) is 4.39 Å². The zero-order chi connectivity index (χ0) is 24.7. The van der Waals surface area contributed by atoms with Crippen LogP contribution in [0.1, 0.15) is 52.2 Å². The van der Waals surface area contributed by atoms with Gasteiger partial charge in [-0.15, -0.1) is 0 Å². The molecule has 1 atom stereocenters. The topological polar surface area (TPSA) is 38.7 Å². The van der Waals surface area contributed by atoms with Crippen LogP contribution in [0.4, 0.5) is 4.39 Å². The van der Waals surface area contributed by atoms with E-state index in [1.54, 1.807) is 12.1 Å². The molecule has 2 aromatic rings. The lowest BCUT2D eigenvalue weighted by Crippen LogP contribution is -2.46. The molecule has 0 unspecified atom stereocenters. The molecule has 2 rings (SSSR count). The maximum Gasteiger partial charge on any atom is 0.126 e. The number of aliphatic hydroxyl groups excluding tert-OH is 1. The van der Waals surface area contributed by atoms with Gasteiger partial charge >= 0.3 is 0 Å². The summed E-state index contributed by atoms with van der Waals surface area (Å²) in [6.07, 6.45) is 0.528. The molecule has 0 aromatic heterocycles. The number of nitrogens with zero attached hydrogens (tertiary/aromatic N) is 1. The summed E-state index contributed by atoms with van der Waals surface area (Å²) >= 11 is 0.